The average Bonchev–Trinajstić information content (AvgIpc) is 3.04. The molecule has 134 valence electrons. The van der Waals surface area contributed by atoms with Crippen LogP contribution in [0.2, 0.25) is 0 Å². The first-order valence-electron chi connectivity index (χ1n) is 8.47. The largest absolute Gasteiger partial charge is 0.480 e. The van der Waals surface area contributed by atoms with Gasteiger partial charge in [-0.3, -0.25) is 9.59 Å². The van der Waals surface area contributed by atoms with Crippen LogP contribution in [0.25, 0.3) is 11.0 Å². The Morgan fingerprint density at radius 3 is 2.54 bits per heavy atom. The van der Waals surface area contributed by atoms with E-state index in [0.29, 0.717) is 5.56 Å². The van der Waals surface area contributed by atoms with Gasteiger partial charge in [-0.2, -0.15) is 0 Å². The molecule has 3 aromatic rings. The Morgan fingerprint density at radius 2 is 1.88 bits per heavy atom. The van der Waals surface area contributed by atoms with Gasteiger partial charge in [0.2, 0.25) is 0 Å². The minimum atomic E-state index is -1.04. The molecule has 0 atom stereocenters. The van der Waals surface area contributed by atoms with Crippen molar-refractivity contribution in [1.29, 1.82) is 0 Å². The summed E-state index contributed by atoms with van der Waals surface area (Å²) in [4.78, 5) is 29.8. The third kappa shape index (κ3) is 3.74. The normalized spacial score (nSPS) is 11.0. The van der Waals surface area contributed by atoms with Gasteiger partial charge in [0.15, 0.2) is 0 Å². The molecule has 0 spiro atoms. The van der Waals surface area contributed by atoms with Crippen LogP contribution in [0.5, 0.6) is 0 Å². The standard InChI is InChI=1S/C20H21N3O3/c1-14(2)23-13-21-17-10-16(8-9-18(17)23)20(26)22(12-19(24)25)11-15-6-4-3-5-7-15/h3-10,13-14H,11-12H2,1-2H3,(H,24,25). The monoisotopic (exact) mass is 351 g/mol. The maximum atomic E-state index is 12.9. The molecule has 0 fully saturated rings. The van der Waals surface area contributed by atoms with Crippen molar-refractivity contribution in [3.05, 3.63) is 66.0 Å². The summed E-state index contributed by atoms with van der Waals surface area (Å²) in [7, 11) is 0. The van der Waals surface area contributed by atoms with Crippen LogP contribution in [0.3, 0.4) is 0 Å². The van der Waals surface area contributed by atoms with E-state index in [-0.39, 0.29) is 25.0 Å². The van der Waals surface area contributed by atoms with E-state index in [4.69, 9.17) is 0 Å². The lowest BCUT2D eigenvalue weighted by Gasteiger charge is -2.21. The fourth-order valence-corrected chi connectivity index (χ4v) is 2.93. The molecule has 3 rings (SSSR count). The molecular formula is C20H21N3O3. The number of aliphatic carboxylic acids is 1. The third-order valence-electron chi connectivity index (χ3n) is 4.21. The number of carboxylic acids is 1. The van der Waals surface area contributed by atoms with Crippen molar-refractivity contribution >= 4 is 22.9 Å². The Labute approximate surface area is 151 Å². The van der Waals surface area contributed by atoms with Gasteiger partial charge >= 0.3 is 5.97 Å². The number of imidazole rings is 1. The molecule has 0 bridgehead atoms. The lowest BCUT2D eigenvalue weighted by molar-refractivity contribution is -0.137. The van der Waals surface area contributed by atoms with E-state index in [1.165, 1.54) is 4.90 Å². The molecule has 0 aliphatic rings. The summed E-state index contributed by atoms with van der Waals surface area (Å²) < 4.78 is 2.03. The van der Waals surface area contributed by atoms with Crippen LogP contribution in [0.15, 0.2) is 54.9 Å². The van der Waals surface area contributed by atoms with Crippen LogP contribution in [-0.2, 0) is 11.3 Å². The molecule has 0 saturated heterocycles. The van der Waals surface area contributed by atoms with Gasteiger partial charge < -0.3 is 14.6 Å². The molecule has 1 N–H and O–H groups in total. The van der Waals surface area contributed by atoms with Crippen LogP contribution in [0, 0.1) is 0 Å². The highest BCUT2D eigenvalue weighted by molar-refractivity contribution is 5.98. The fraction of sp³-hybridized carbons (Fsp3) is 0.250. The quantitative estimate of drug-likeness (QED) is 0.739. The van der Waals surface area contributed by atoms with Crippen molar-refractivity contribution in [2.75, 3.05) is 6.54 Å². The molecular weight excluding hydrogens is 330 g/mol. The lowest BCUT2D eigenvalue weighted by atomic mass is 10.1. The van der Waals surface area contributed by atoms with Crippen LogP contribution in [-0.4, -0.2) is 38.0 Å². The maximum Gasteiger partial charge on any atom is 0.323 e. The minimum Gasteiger partial charge on any atom is -0.480 e. The number of hydrogen-bond acceptors (Lipinski definition) is 3. The smallest absolute Gasteiger partial charge is 0.323 e. The van der Waals surface area contributed by atoms with Crippen LogP contribution < -0.4 is 0 Å². The number of rotatable bonds is 6. The van der Waals surface area contributed by atoms with Crippen LogP contribution >= 0.6 is 0 Å². The zero-order valence-corrected chi connectivity index (χ0v) is 14.8. The van der Waals surface area contributed by atoms with Crippen molar-refractivity contribution in [1.82, 2.24) is 14.5 Å². The molecule has 0 unspecified atom stereocenters. The number of carbonyl (C=O) groups excluding carboxylic acids is 1. The van der Waals surface area contributed by atoms with Crippen molar-refractivity contribution in [3.63, 3.8) is 0 Å². The van der Waals surface area contributed by atoms with E-state index in [2.05, 4.69) is 18.8 Å². The van der Waals surface area contributed by atoms with E-state index >= 15 is 0 Å². The highest BCUT2D eigenvalue weighted by Gasteiger charge is 2.20. The second-order valence-corrected chi connectivity index (χ2v) is 6.49. The number of carboxylic acid groups (broad SMARTS) is 1. The van der Waals surface area contributed by atoms with Crippen LogP contribution in [0.1, 0.15) is 35.8 Å². The number of carbonyl (C=O) groups is 2. The Balaban J connectivity index is 1.90. The molecule has 0 aliphatic heterocycles. The summed E-state index contributed by atoms with van der Waals surface area (Å²) in [5.74, 6) is -1.36. The molecule has 0 saturated carbocycles. The van der Waals surface area contributed by atoms with Crippen molar-refractivity contribution in [2.45, 2.75) is 26.4 Å². The highest BCUT2D eigenvalue weighted by atomic mass is 16.4. The summed E-state index contributed by atoms with van der Waals surface area (Å²) in [5.41, 5.74) is 2.99. The molecule has 6 heteroatoms. The summed E-state index contributed by atoms with van der Waals surface area (Å²) in [6, 6.07) is 14.9. The van der Waals surface area contributed by atoms with E-state index in [1.54, 1.807) is 18.5 Å². The van der Waals surface area contributed by atoms with Crippen molar-refractivity contribution in [3.8, 4) is 0 Å². The van der Waals surface area contributed by atoms with Gasteiger partial charge in [-0.15, -0.1) is 0 Å². The van der Waals surface area contributed by atoms with Gasteiger partial charge in [-0.05, 0) is 37.6 Å². The molecule has 2 aromatic carbocycles. The molecule has 26 heavy (non-hydrogen) atoms. The Morgan fingerprint density at radius 1 is 1.15 bits per heavy atom. The first-order valence-corrected chi connectivity index (χ1v) is 8.47. The zero-order chi connectivity index (χ0) is 18.7. The maximum absolute atomic E-state index is 12.9. The van der Waals surface area contributed by atoms with Gasteiger partial charge in [-0.1, -0.05) is 30.3 Å². The Hall–Kier alpha value is -3.15. The number of fused-ring (bicyclic) bond motifs is 1. The van der Waals surface area contributed by atoms with Gasteiger partial charge in [0.1, 0.15) is 6.54 Å². The van der Waals surface area contributed by atoms with Gasteiger partial charge in [0.25, 0.3) is 5.91 Å². The summed E-state index contributed by atoms with van der Waals surface area (Å²) >= 11 is 0. The van der Waals surface area contributed by atoms with Crippen molar-refractivity contribution in [2.24, 2.45) is 0 Å². The number of benzene rings is 2. The fourth-order valence-electron chi connectivity index (χ4n) is 2.93. The first kappa shape index (κ1) is 17.7. The molecule has 6 nitrogen and oxygen atoms in total. The topological polar surface area (TPSA) is 75.4 Å². The SMILES string of the molecule is CC(C)n1cnc2cc(C(=O)N(CC(=O)O)Cc3ccccc3)ccc21. The number of amides is 1. The van der Waals surface area contributed by atoms with Crippen molar-refractivity contribution < 1.29 is 14.7 Å². The minimum absolute atomic E-state index is 0.241. The van der Waals surface area contributed by atoms with E-state index < -0.39 is 5.97 Å². The molecule has 0 radical (unpaired) electrons. The van der Waals surface area contributed by atoms with E-state index in [1.807, 2.05) is 41.0 Å². The molecule has 0 aliphatic carbocycles. The van der Waals surface area contributed by atoms with Gasteiger partial charge in [0, 0.05) is 18.2 Å². The highest BCUT2D eigenvalue weighted by Crippen LogP contribution is 2.20. The molecule has 1 amide bonds. The summed E-state index contributed by atoms with van der Waals surface area (Å²) in [6.07, 6.45) is 1.75. The van der Waals surface area contributed by atoms with Gasteiger partial charge in [0.05, 0.1) is 17.4 Å². The second kappa shape index (κ2) is 7.39. The summed E-state index contributed by atoms with van der Waals surface area (Å²) in [5, 5.41) is 9.18. The van der Waals surface area contributed by atoms with Crippen LogP contribution in [0.4, 0.5) is 0 Å². The zero-order valence-electron chi connectivity index (χ0n) is 14.8. The number of nitrogens with zero attached hydrogens (tertiary/aromatic N) is 3. The lowest BCUT2D eigenvalue weighted by Crippen LogP contribution is -2.35. The molecule has 1 heterocycles. The van der Waals surface area contributed by atoms with E-state index in [0.717, 1.165) is 16.6 Å². The third-order valence-corrected chi connectivity index (χ3v) is 4.21. The second-order valence-electron chi connectivity index (χ2n) is 6.49. The average molecular weight is 351 g/mol. The first-order chi connectivity index (χ1) is 12.5. The Kier molecular flexibility index (Phi) is 5.02. The Bertz CT molecular complexity index is 932. The van der Waals surface area contributed by atoms with E-state index in [9.17, 15) is 14.7 Å². The van der Waals surface area contributed by atoms with Gasteiger partial charge in [-0.25, -0.2) is 4.98 Å². The molecule has 1 aromatic heterocycles. The summed E-state index contributed by atoms with van der Waals surface area (Å²) in [6.45, 7) is 4.01. The number of hydrogen-bond donors (Lipinski definition) is 1. The predicted molar refractivity (Wildman–Crippen MR) is 98.9 cm³/mol. The number of aromatic nitrogens is 2. The predicted octanol–water partition coefficient (Wildman–Crippen LogP) is 3.34.